The molecule has 0 aliphatic carbocycles. The maximum Gasteiger partial charge on any atom is 0.223 e. The Bertz CT molecular complexity index is 239. The number of hydrogen-bond donors (Lipinski definition) is 3. The molecule has 0 saturated carbocycles. The van der Waals surface area contributed by atoms with Gasteiger partial charge in [-0.15, -0.1) is 12.4 Å². The van der Waals surface area contributed by atoms with Crippen LogP contribution in [0.1, 0.15) is 39.5 Å². The van der Waals surface area contributed by atoms with Crippen molar-refractivity contribution in [3.8, 4) is 0 Å². The topological polar surface area (TPSA) is 61.4 Å². The second-order valence-electron chi connectivity index (χ2n) is 5.11. The van der Waals surface area contributed by atoms with Crippen LogP contribution in [0.2, 0.25) is 0 Å². The molecule has 1 unspecified atom stereocenters. The highest BCUT2D eigenvalue weighted by Crippen LogP contribution is 2.16. The summed E-state index contributed by atoms with van der Waals surface area (Å²) in [6, 6.07) is 0.443. The Hall–Kier alpha value is -0.320. The first-order chi connectivity index (χ1) is 8.17. The van der Waals surface area contributed by atoms with Gasteiger partial charge in [0, 0.05) is 25.1 Å². The summed E-state index contributed by atoms with van der Waals surface area (Å²) < 4.78 is 0. The number of amides is 1. The fourth-order valence-corrected chi connectivity index (χ4v) is 2.39. The van der Waals surface area contributed by atoms with Gasteiger partial charge in [0.05, 0.1) is 0 Å². The monoisotopic (exact) mass is 278 g/mol. The summed E-state index contributed by atoms with van der Waals surface area (Å²) in [7, 11) is 0. The van der Waals surface area contributed by atoms with Crippen LogP contribution in [0.3, 0.4) is 0 Å². The number of carbonyl (C=O) groups is 1. The molecule has 1 aliphatic rings. The zero-order valence-electron chi connectivity index (χ0n) is 11.4. The number of nitrogens with one attached hydrogen (secondary N) is 2. The summed E-state index contributed by atoms with van der Waals surface area (Å²) in [4.78, 5) is 12.0. The summed E-state index contributed by atoms with van der Waals surface area (Å²) in [5.74, 6) is 0.760. The molecule has 18 heavy (non-hydrogen) atoms. The maximum atomic E-state index is 12.0. The van der Waals surface area contributed by atoms with Crippen molar-refractivity contribution in [1.82, 2.24) is 10.6 Å². The van der Waals surface area contributed by atoms with Gasteiger partial charge in [-0.25, -0.2) is 0 Å². The Morgan fingerprint density at radius 3 is 2.83 bits per heavy atom. The van der Waals surface area contributed by atoms with Crippen LogP contribution in [0.25, 0.3) is 0 Å². The molecule has 1 heterocycles. The van der Waals surface area contributed by atoms with Crippen LogP contribution in [0.4, 0.5) is 0 Å². The molecule has 0 aromatic rings. The van der Waals surface area contributed by atoms with E-state index in [2.05, 4.69) is 24.5 Å². The summed E-state index contributed by atoms with van der Waals surface area (Å²) >= 11 is 0. The Balaban J connectivity index is 0.00000289. The summed E-state index contributed by atoms with van der Waals surface area (Å²) in [5, 5.41) is 15.3. The molecule has 3 atom stereocenters. The van der Waals surface area contributed by atoms with Gasteiger partial charge in [-0.05, 0) is 38.6 Å². The molecule has 5 heteroatoms. The van der Waals surface area contributed by atoms with E-state index in [-0.39, 0.29) is 30.8 Å². The quantitative estimate of drug-likeness (QED) is 0.687. The van der Waals surface area contributed by atoms with Gasteiger partial charge in [0.25, 0.3) is 0 Å². The Kier molecular flexibility index (Phi) is 9.42. The van der Waals surface area contributed by atoms with Crippen molar-refractivity contribution in [2.45, 2.75) is 45.6 Å². The summed E-state index contributed by atoms with van der Waals surface area (Å²) in [5.41, 5.74) is 0. The minimum atomic E-state index is 0. The van der Waals surface area contributed by atoms with E-state index in [4.69, 9.17) is 5.11 Å². The molecule has 3 N–H and O–H groups in total. The van der Waals surface area contributed by atoms with Crippen molar-refractivity contribution in [2.24, 2.45) is 11.8 Å². The van der Waals surface area contributed by atoms with Crippen molar-refractivity contribution in [2.75, 3.05) is 19.7 Å². The Labute approximate surface area is 116 Å². The van der Waals surface area contributed by atoms with Crippen LogP contribution in [0.5, 0.6) is 0 Å². The lowest BCUT2D eigenvalue weighted by Crippen LogP contribution is -2.43. The smallest absolute Gasteiger partial charge is 0.223 e. The van der Waals surface area contributed by atoms with Crippen LogP contribution in [0, 0.1) is 11.8 Å². The van der Waals surface area contributed by atoms with Gasteiger partial charge < -0.3 is 15.7 Å². The van der Waals surface area contributed by atoms with Crippen LogP contribution in [-0.4, -0.2) is 36.8 Å². The zero-order valence-corrected chi connectivity index (χ0v) is 12.3. The fraction of sp³-hybridized carbons (Fsp3) is 0.923. The average Bonchev–Trinajstić information content (AvgIpc) is 2.34. The standard InChI is InChI=1S/C13H26N2O2.ClH/c1-3-11(5-7-16)9-15-13(17)12-4-6-14-10(2)8-12;/h10-12,14,16H,3-9H2,1-2H3,(H,15,17);1H/t10-,11?,12-;/m0./s1. The van der Waals surface area contributed by atoms with Gasteiger partial charge in [-0.1, -0.05) is 13.3 Å². The van der Waals surface area contributed by atoms with Gasteiger partial charge in [-0.3, -0.25) is 4.79 Å². The van der Waals surface area contributed by atoms with E-state index in [1.165, 1.54) is 0 Å². The molecule has 108 valence electrons. The van der Waals surface area contributed by atoms with E-state index in [1.807, 2.05) is 0 Å². The molecular weight excluding hydrogens is 252 g/mol. The molecule has 4 nitrogen and oxygen atoms in total. The van der Waals surface area contributed by atoms with Crippen molar-refractivity contribution in [3.05, 3.63) is 0 Å². The Morgan fingerprint density at radius 1 is 1.56 bits per heavy atom. The lowest BCUT2D eigenvalue weighted by molar-refractivity contribution is -0.126. The highest BCUT2D eigenvalue weighted by atomic mass is 35.5. The second kappa shape index (κ2) is 9.59. The molecule has 0 aromatic carbocycles. The van der Waals surface area contributed by atoms with Crippen LogP contribution in [-0.2, 0) is 4.79 Å². The highest BCUT2D eigenvalue weighted by Gasteiger charge is 2.24. The molecule has 1 rings (SSSR count). The molecule has 0 radical (unpaired) electrons. The number of piperidine rings is 1. The number of aliphatic hydroxyl groups excluding tert-OH is 1. The van der Waals surface area contributed by atoms with Crippen LogP contribution < -0.4 is 10.6 Å². The lowest BCUT2D eigenvalue weighted by Gasteiger charge is -2.27. The van der Waals surface area contributed by atoms with E-state index in [0.29, 0.717) is 18.5 Å². The van der Waals surface area contributed by atoms with Gasteiger partial charge in [0.1, 0.15) is 0 Å². The molecule has 1 saturated heterocycles. The number of hydrogen-bond acceptors (Lipinski definition) is 3. The number of carbonyl (C=O) groups excluding carboxylic acids is 1. The van der Waals surface area contributed by atoms with Crippen LogP contribution >= 0.6 is 12.4 Å². The molecular formula is C13H27ClN2O2. The van der Waals surface area contributed by atoms with Gasteiger partial charge >= 0.3 is 0 Å². The third-order valence-corrected chi connectivity index (χ3v) is 3.67. The third kappa shape index (κ3) is 6.03. The molecule has 1 amide bonds. The number of aliphatic hydroxyl groups is 1. The fourth-order valence-electron chi connectivity index (χ4n) is 2.39. The second-order valence-corrected chi connectivity index (χ2v) is 5.11. The average molecular weight is 279 g/mol. The highest BCUT2D eigenvalue weighted by molar-refractivity contribution is 5.85. The minimum Gasteiger partial charge on any atom is -0.396 e. The zero-order chi connectivity index (χ0) is 12.7. The predicted molar refractivity (Wildman–Crippen MR) is 75.9 cm³/mol. The van der Waals surface area contributed by atoms with Crippen molar-refractivity contribution < 1.29 is 9.90 Å². The maximum absolute atomic E-state index is 12.0. The van der Waals surface area contributed by atoms with E-state index in [9.17, 15) is 4.79 Å². The van der Waals surface area contributed by atoms with Gasteiger partial charge in [0.15, 0.2) is 0 Å². The summed E-state index contributed by atoms with van der Waals surface area (Å²) in [6.07, 6.45) is 3.65. The first-order valence-electron chi connectivity index (χ1n) is 6.79. The first-order valence-corrected chi connectivity index (χ1v) is 6.79. The van der Waals surface area contributed by atoms with Crippen molar-refractivity contribution >= 4 is 18.3 Å². The van der Waals surface area contributed by atoms with E-state index in [0.717, 1.165) is 32.2 Å². The number of rotatable bonds is 6. The predicted octanol–water partition coefficient (Wildman–Crippen LogP) is 1.32. The van der Waals surface area contributed by atoms with Crippen molar-refractivity contribution in [1.29, 1.82) is 0 Å². The van der Waals surface area contributed by atoms with E-state index in [1.54, 1.807) is 0 Å². The molecule has 1 aliphatic heterocycles. The summed E-state index contributed by atoms with van der Waals surface area (Å²) in [6.45, 7) is 6.07. The normalized spacial score (nSPS) is 25.1. The molecule has 1 fully saturated rings. The van der Waals surface area contributed by atoms with E-state index >= 15 is 0 Å². The third-order valence-electron chi connectivity index (χ3n) is 3.67. The largest absolute Gasteiger partial charge is 0.396 e. The molecule has 0 spiro atoms. The van der Waals surface area contributed by atoms with Gasteiger partial charge in [-0.2, -0.15) is 0 Å². The Morgan fingerprint density at radius 2 is 2.28 bits per heavy atom. The van der Waals surface area contributed by atoms with E-state index < -0.39 is 0 Å². The van der Waals surface area contributed by atoms with Crippen molar-refractivity contribution in [3.63, 3.8) is 0 Å². The first kappa shape index (κ1) is 17.7. The number of halogens is 1. The van der Waals surface area contributed by atoms with Gasteiger partial charge in [0.2, 0.25) is 5.91 Å². The van der Waals surface area contributed by atoms with Crippen LogP contribution in [0.15, 0.2) is 0 Å². The lowest BCUT2D eigenvalue weighted by atomic mass is 9.92. The molecule has 0 bridgehead atoms. The SMILES string of the molecule is CCC(CCO)CNC(=O)[C@H]1CCN[C@@H](C)C1.Cl. The molecule has 0 aromatic heterocycles. The minimum absolute atomic E-state index is 0.